The third-order valence-electron chi connectivity index (χ3n) is 11.9. The molecule has 364 valence electrons. The van der Waals surface area contributed by atoms with E-state index in [4.69, 9.17) is 18.5 Å². The van der Waals surface area contributed by atoms with Gasteiger partial charge in [0, 0.05) is 12.8 Å². The molecule has 0 saturated carbocycles. The molecule has 0 heterocycles. The summed E-state index contributed by atoms with van der Waals surface area (Å²) in [7, 11) is 1.19. The van der Waals surface area contributed by atoms with Gasteiger partial charge in [-0.1, -0.05) is 239 Å². The number of unbranched alkanes of at least 4 members (excludes halogenated alkanes) is 35. The Bertz CT molecular complexity index is 1010. The number of hydrogen-bond donors (Lipinski definition) is 0. The number of carbonyl (C=O) groups is 2. The average molecular weight is 888 g/mol. The van der Waals surface area contributed by atoms with Gasteiger partial charge in [-0.2, -0.15) is 0 Å². The van der Waals surface area contributed by atoms with Crippen LogP contribution in [0.25, 0.3) is 0 Å². The van der Waals surface area contributed by atoms with Crippen LogP contribution in [0, 0.1) is 0 Å². The largest absolute Gasteiger partial charge is 0.756 e. The third-order valence-corrected chi connectivity index (χ3v) is 12.8. The normalized spacial score (nSPS) is 13.3. The predicted octanol–water partition coefficient (Wildman–Crippen LogP) is 14.9. The summed E-state index contributed by atoms with van der Waals surface area (Å²) in [5, 5.41) is 0. The van der Waals surface area contributed by atoms with E-state index in [9.17, 15) is 19.0 Å². The number of rotatable bonds is 49. The first kappa shape index (κ1) is 60.0. The van der Waals surface area contributed by atoms with Crippen molar-refractivity contribution in [2.24, 2.45) is 0 Å². The molecule has 0 rings (SSSR count). The van der Waals surface area contributed by atoms with Gasteiger partial charge in [-0.25, -0.2) is 0 Å². The highest BCUT2D eigenvalue weighted by atomic mass is 31.2. The molecular weight excluding hydrogens is 786 g/mol. The molecule has 0 saturated heterocycles. The number of hydrogen-bond acceptors (Lipinski definition) is 8. The van der Waals surface area contributed by atoms with Gasteiger partial charge >= 0.3 is 11.9 Å². The Kier molecular flexibility index (Phi) is 43.5. The van der Waals surface area contributed by atoms with Gasteiger partial charge < -0.3 is 27.9 Å². The maximum absolute atomic E-state index is 12.7. The third kappa shape index (κ3) is 48.3. The van der Waals surface area contributed by atoms with Crippen LogP contribution in [0.4, 0.5) is 0 Å². The summed E-state index contributed by atoms with van der Waals surface area (Å²) in [6.45, 7) is 4.30. The van der Waals surface area contributed by atoms with Gasteiger partial charge in [0.05, 0.1) is 27.7 Å². The van der Waals surface area contributed by atoms with Crippen molar-refractivity contribution in [3.05, 3.63) is 0 Å². The van der Waals surface area contributed by atoms with E-state index in [0.29, 0.717) is 17.4 Å². The lowest BCUT2D eigenvalue weighted by molar-refractivity contribution is -0.870. The Morgan fingerprint density at radius 2 is 0.738 bits per heavy atom. The van der Waals surface area contributed by atoms with Crippen molar-refractivity contribution in [2.45, 2.75) is 270 Å². The van der Waals surface area contributed by atoms with Crippen LogP contribution < -0.4 is 4.89 Å². The summed E-state index contributed by atoms with van der Waals surface area (Å²) in [4.78, 5) is 37.7. The monoisotopic (exact) mass is 888 g/mol. The molecule has 0 bridgehead atoms. The summed E-state index contributed by atoms with van der Waals surface area (Å²) in [6, 6.07) is 0. The van der Waals surface area contributed by atoms with E-state index in [1.54, 1.807) is 0 Å². The minimum atomic E-state index is -4.62. The maximum atomic E-state index is 12.7. The van der Waals surface area contributed by atoms with Crippen LogP contribution in [-0.4, -0.2) is 70.0 Å². The molecule has 0 aliphatic rings. The van der Waals surface area contributed by atoms with Crippen LogP contribution in [0.3, 0.4) is 0 Å². The van der Waals surface area contributed by atoms with Gasteiger partial charge in [-0.3, -0.25) is 14.2 Å². The molecule has 2 unspecified atom stereocenters. The fraction of sp³-hybridized carbons (Fsp3) is 0.961. The van der Waals surface area contributed by atoms with Crippen molar-refractivity contribution >= 4 is 19.8 Å². The second-order valence-electron chi connectivity index (χ2n) is 19.3. The Hall–Kier alpha value is -0.990. The molecule has 0 aliphatic heterocycles. The highest BCUT2D eigenvalue weighted by Gasteiger charge is 2.21. The number of likely N-dealkylation sites (N-methyl/N-ethyl adjacent to an activating group) is 1. The molecule has 0 aromatic rings. The van der Waals surface area contributed by atoms with E-state index in [-0.39, 0.29) is 32.0 Å². The zero-order valence-corrected chi connectivity index (χ0v) is 42.0. The first-order chi connectivity index (χ1) is 29.5. The number of ether oxygens (including phenoxy) is 2. The van der Waals surface area contributed by atoms with Crippen molar-refractivity contribution in [2.75, 3.05) is 47.5 Å². The highest BCUT2D eigenvalue weighted by molar-refractivity contribution is 7.45. The number of esters is 2. The van der Waals surface area contributed by atoms with Crippen LogP contribution in [0.2, 0.25) is 0 Å². The second kappa shape index (κ2) is 44.2. The molecule has 10 heteroatoms. The Morgan fingerprint density at radius 1 is 0.443 bits per heavy atom. The van der Waals surface area contributed by atoms with Crippen LogP contribution in [0.5, 0.6) is 0 Å². The smallest absolute Gasteiger partial charge is 0.306 e. The van der Waals surface area contributed by atoms with Crippen molar-refractivity contribution < 1.29 is 42.1 Å². The molecule has 0 aromatic carbocycles. The summed E-state index contributed by atoms with van der Waals surface area (Å²) in [5.41, 5.74) is 0. The van der Waals surface area contributed by atoms with Gasteiger partial charge in [0.2, 0.25) is 0 Å². The molecule has 0 aromatic heterocycles. The molecule has 0 aliphatic carbocycles. The topological polar surface area (TPSA) is 111 Å². The number of phosphoric acid groups is 1. The van der Waals surface area contributed by atoms with E-state index in [1.807, 2.05) is 21.1 Å². The molecule has 0 fully saturated rings. The maximum Gasteiger partial charge on any atom is 0.306 e. The summed E-state index contributed by atoms with van der Waals surface area (Å²) in [6.07, 6.45) is 47.0. The van der Waals surface area contributed by atoms with Gasteiger partial charge in [0.1, 0.15) is 19.8 Å². The van der Waals surface area contributed by atoms with Crippen LogP contribution in [0.1, 0.15) is 264 Å². The first-order valence-corrected chi connectivity index (χ1v) is 27.7. The van der Waals surface area contributed by atoms with Crippen molar-refractivity contribution in [3.8, 4) is 0 Å². The van der Waals surface area contributed by atoms with Crippen LogP contribution in [0.15, 0.2) is 0 Å². The fourth-order valence-corrected chi connectivity index (χ4v) is 8.50. The summed E-state index contributed by atoms with van der Waals surface area (Å²) < 4.78 is 34.1. The van der Waals surface area contributed by atoms with Crippen LogP contribution >= 0.6 is 7.82 Å². The highest BCUT2D eigenvalue weighted by Crippen LogP contribution is 2.38. The van der Waals surface area contributed by atoms with Crippen LogP contribution in [-0.2, 0) is 32.7 Å². The fourth-order valence-electron chi connectivity index (χ4n) is 7.78. The Balaban J connectivity index is 4.18. The van der Waals surface area contributed by atoms with E-state index < -0.39 is 26.5 Å². The predicted molar refractivity (Wildman–Crippen MR) is 255 cm³/mol. The lowest BCUT2D eigenvalue weighted by Crippen LogP contribution is -2.37. The van der Waals surface area contributed by atoms with E-state index >= 15 is 0 Å². The first-order valence-electron chi connectivity index (χ1n) is 26.2. The molecule has 0 radical (unpaired) electrons. The molecule has 61 heavy (non-hydrogen) atoms. The number of nitrogens with zero attached hydrogens (tertiary/aromatic N) is 1. The number of phosphoric ester groups is 1. The molecular formula is C51H102NO8P. The molecule has 0 amide bonds. The minimum Gasteiger partial charge on any atom is -0.756 e. The van der Waals surface area contributed by atoms with Gasteiger partial charge in [0.15, 0.2) is 6.10 Å². The van der Waals surface area contributed by atoms with Crippen molar-refractivity contribution in [1.82, 2.24) is 0 Å². The van der Waals surface area contributed by atoms with Crippen molar-refractivity contribution in [3.63, 3.8) is 0 Å². The number of quaternary nitrogens is 1. The van der Waals surface area contributed by atoms with E-state index in [0.717, 1.165) is 32.1 Å². The second-order valence-corrected chi connectivity index (χ2v) is 20.7. The molecule has 9 nitrogen and oxygen atoms in total. The zero-order valence-electron chi connectivity index (χ0n) is 41.1. The summed E-state index contributed by atoms with van der Waals surface area (Å²) >= 11 is 0. The van der Waals surface area contributed by atoms with E-state index in [2.05, 4.69) is 13.8 Å². The van der Waals surface area contributed by atoms with Gasteiger partial charge in [-0.05, 0) is 12.8 Å². The lowest BCUT2D eigenvalue weighted by Gasteiger charge is -2.28. The quantitative estimate of drug-likeness (QED) is 0.0257. The Labute approximate surface area is 378 Å². The molecule has 0 N–H and O–H groups in total. The van der Waals surface area contributed by atoms with Gasteiger partial charge in [-0.15, -0.1) is 0 Å². The molecule has 2 atom stereocenters. The summed E-state index contributed by atoms with van der Waals surface area (Å²) in [5.74, 6) is -0.812. The van der Waals surface area contributed by atoms with Crippen molar-refractivity contribution in [1.29, 1.82) is 0 Å². The average Bonchev–Trinajstić information content (AvgIpc) is 3.21. The minimum absolute atomic E-state index is 0.0253. The Morgan fingerprint density at radius 3 is 1.05 bits per heavy atom. The standard InChI is InChI=1S/C51H102NO8P/c1-6-8-10-12-14-16-18-20-22-24-25-26-28-30-32-34-36-38-40-42-44-51(54)60-49(48-59-61(55,56)58-46-45-52(3,4)5)47-57-50(53)43-41-39-37-35-33-31-29-27-23-21-19-17-15-13-11-9-7-2/h49H,6-48H2,1-5H3. The zero-order chi connectivity index (χ0) is 45.0. The SMILES string of the molecule is CCCCCCCCCCCCCCCCCCCCCCC(=O)OC(COC(=O)CCCCCCCCCCCCCCCCCCC)COP(=O)([O-])OCC[N+](C)(C)C. The molecule has 0 spiro atoms. The lowest BCUT2D eigenvalue weighted by atomic mass is 10.0. The van der Waals surface area contributed by atoms with E-state index in [1.165, 1.54) is 199 Å². The number of carbonyl (C=O) groups excluding carboxylic acids is 2. The van der Waals surface area contributed by atoms with Gasteiger partial charge in [0.25, 0.3) is 7.82 Å².